The minimum absolute atomic E-state index is 0.509. The Labute approximate surface area is 75.1 Å². The highest BCUT2D eigenvalue weighted by Gasteiger charge is 2.16. The van der Waals surface area contributed by atoms with E-state index in [-0.39, 0.29) is 0 Å². The van der Waals surface area contributed by atoms with Crippen molar-refractivity contribution in [3.8, 4) is 0 Å². The average Bonchev–Trinajstić information content (AvgIpc) is 2.63. The van der Waals surface area contributed by atoms with Gasteiger partial charge in [-0.25, -0.2) is 0 Å². The van der Waals surface area contributed by atoms with Crippen LogP contribution in [0.1, 0.15) is 12.3 Å². The number of nitrogens with zero attached hydrogens (tertiary/aromatic N) is 2. The van der Waals surface area contributed by atoms with Gasteiger partial charge in [-0.1, -0.05) is 5.10 Å². The topological polar surface area (TPSA) is 51.0 Å². The maximum absolute atomic E-state index is 5.20. The lowest BCUT2D eigenvalue weighted by atomic mass is 10.3. The summed E-state index contributed by atoms with van der Waals surface area (Å²) in [4.78, 5) is 0. The van der Waals surface area contributed by atoms with Gasteiger partial charge in [-0.2, -0.15) is 11.8 Å². The Morgan fingerprint density at radius 2 is 2.50 bits per heavy atom. The molecule has 0 saturated carbocycles. The lowest BCUT2D eigenvalue weighted by molar-refractivity contribution is 0.524. The Kier molecular flexibility index (Phi) is 2.21. The molecule has 1 fully saturated rings. The average molecular weight is 185 g/mol. The summed E-state index contributed by atoms with van der Waals surface area (Å²) in [6.45, 7) is 1.79. The summed E-state index contributed by atoms with van der Waals surface area (Å²) >= 11 is 1.96. The fourth-order valence-corrected chi connectivity index (χ4v) is 2.33. The van der Waals surface area contributed by atoms with E-state index in [1.807, 2.05) is 11.8 Å². The highest BCUT2D eigenvalue weighted by atomic mass is 32.2. The molecule has 0 aromatic carbocycles. The van der Waals surface area contributed by atoms with Crippen LogP contribution in [0.5, 0.6) is 0 Å². The molecule has 2 heterocycles. The number of anilines is 1. The summed E-state index contributed by atoms with van der Waals surface area (Å²) in [5.74, 6) is 2.98. The van der Waals surface area contributed by atoms with Crippen LogP contribution in [0.4, 0.5) is 6.01 Å². The zero-order chi connectivity index (χ0) is 8.39. The van der Waals surface area contributed by atoms with Gasteiger partial charge in [0.1, 0.15) is 0 Å². The fraction of sp³-hybridized carbons (Fsp3) is 0.714. The molecule has 1 aliphatic heterocycles. The van der Waals surface area contributed by atoms with Crippen LogP contribution >= 0.6 is 11.8 Å². The highest BCUT2D eigenvalue weighted by molar-refractivity contribution is 7.99. The maximum atomic E-state index is 5.20. The predicted molar refractivity (Wildman–Crippen MR) is 48.4 cm³/mol. The van der Waals surface area contributed by atoms with Crippen molar-refractivity contribution < 1.29 is 4.42 Å². The molecular formula is C7H11N3OS. The lowest BCUT2D eigenvalue weighted by Gasteiger charge is -2.06. The maximum Gasteiger partial charge on any atom is 0.315 e. The molecule has 2 rings (SSSR count). The first-order valence-corrected chi connectivity index (χ1v) is 5.14. The molecule has 1 atom stereocenters. The Morgan fingerprint density at radius 3 is 3.08 bits per heavy atom. The largest absolute Gasteiger partial charge is 0.408 e. The van der Waals surface area contributed by atoms with Gasteiger partial charge in [-0.3, -0.25) is 0 Å². The summed E-state index contributed by atoms with van der Waals surface area (Å²) < 4.78 is 5.20. The van der Waals surface area contributed by atoms with Gasteiger partial charge in [-0.15, -0.1) is 5.10 Å². The van der Waals surface area contributed by atoms with E-state index in [0.29, 0.717) is 17.9 Å². The Hall–Kier alpha value is -0.710. The first-order valence-electron chi connectivity index (χ1n) is 3.99. The number of hydrogen-bond acceptors (Lipinski definition) is 5. The van der Waals surface area contributed by atoms with Crippen LogP contribution < -0.4 is 5.32 Å². The first kappa shape index (κ1) is 7.91. The van der Waals surface area contributed by atoms with Crippen molar-refractivity contribution in [3.05, 3.63) is 5.89 Å². The SMILES string of the molecule is Cc1nnc(NC2CCSC2)o1. The van der Waals surface area contributed by atoms with Crippen molar-refractivity contribution in [2.24, 2.45) is 0 Å². The molecule has 0 aliphatic carbocycles. The molecule has 1 aromatic rings. The van der Waals surface area contributed by atoms with E-state index < -0.39 is 0 Å². The normalized spacial score (nSPS) is 22.9. The number of nitrogens with one attached hydrogen (secondary N) is 1. The summed E-state index contributed by atoms with van der Waals surface area (Å²) in [6, 6.07) is 1.06. The number of aryl methyl sites for hydroxylation is 1. The Morgan fingerprint density at radius 1 is 1.58 bits per heavy atom. The molecule has 66 valence electrons. The summed E-state index contributed by atoms with van der Waals surface area (Å²) in [5, 5.41) is 10.8. The van der Waals surface area contributed by atoms with E-state index in [0.717, 1.165) is 5.75 Å². The van der Waals surface area contributed by atoms with E-state index in [4.69, 9.17) is 4.42 Å². The highest BCUT2D eigenvalue weighted by Crippen LogP contribution is 2.20. The third-order valence-corrected chi connectivity index (χ3v) is 2.95. The fourth-order valence-electron chi connectivity index (χ4n) is 1.18. The standard InChI is InChI=1S/C7H11N3OS/c1-5-9-10-7(11-5)8-6-2-3-12-4-6/h6H,2-4H2,1H3,(H,8,10). The molecule has 12 heavy (non-hydrogen) atoms. The molecule has 4 nitrogen and oxygen atoms in total. The van der Waals surface area contributed by atoms with E-state index in [9.17, 15) is 0 Å². The van der Waals surface area contributed by atoms with Gasteiger partial charge >= 0.3 is 6.01 Å². The lowest BCUT2D eigenvalue weighted by Crippen LogP contribution is -2.18. The smallest absolute Gasteiger partial charge is 0.315 e. The molecule has 1 aromatic heterocycles. The Bertz CT molecular complexity index is 257. The van der Waals surface area contributed by atoms with Crippen LogP contribution in [-0.4, -0.2) is 27.7 Å². The van der Waals surface area contributed by atoms with Crippen molar-refractivity contribution in [2.45, 2.75) is 19.4 Å². The predicted octanol–water partition coefficient (Wildman–Crippen LogP) is 1.30. The molecule has 1 N–H and O–H groups in total. The van der Waals surface area contributed by atoms with Crippen molar-refractivity contribution in [2.75, 3.05) is 16.8 Å². The van der Waals surface area contributed by atoms with Crippen molar-refractivity contribution in [3.63, 3.8) is 0 Å². The monoisotopic (exact) mass is 185 g/mol. The van der Waals surface area contributed by atoms with Gasteiger partial charge in [0.25, 0.3) is 0 Å². The molecule has 1 unspecified atom stereocenters. The molecule has 1 aliphatic rings. The van der Waals surface area contributed by atoms with Gasteiger partial charge in [0, 0.05) is 18.7 Å². The second-order valence-electron chi connectivity index (χ2n) is 2.83. The van der Waals surface area contributed by atoms with Gasteiger partial charge < -0.3 is 9.73 Å². The third-order valence-electron chi connectivity index (χ3n) is 1.78. The number of thioether (sulfide) groups is 1. The molecule has 5 heteroatoms. The van der Waals surface area contributed by atoms with Gasteiger partial charge in [0.15, 0.2) is 0 Å². The number of rotatable bonds is 2. The van der Waals surface area contributed by atoms with E-state index in [2.05, 4.69) is 15.5 Å². The molecular weight excluding hydrogens is 174 g/mol. The van der Waals surface area contributed by atoms with Gasteiger partial charge in [0.05, 0.1) is 0 Å². The first-order chi connectivity index (χ1) is 5.84. The third kappa shape index (κ3) is 1.72. The van der Waals surface area contributed by atoms with Crippen LogP contribution in [0, 0.1) is 6.92 Å². The van der Waals surface area contributed by atoms with Crippen molar-refractivity contribution in [1.82, 2.24) is 10.2 Å². The number of hydrogen-bond donors (Lipinski definition) is 1. The minimum Gasteiger partial charge on any atom is -0.408 e. The second-order valence-corrected chi connectivity index (χ2v) is 3.98. The Balaban J connectivity index is 1.94. The van der Waals surface area contributed by atoms with E-state index in [1.54, 1.807) is 6.92 Å². The van der Waals surface area contributed by atoms with Crippen LogP contribution in [0.2, 0.25) is 0 Å². The zero-order valence-electron chi connectivity index (χ0n) is 6.91. The summed E-state index contributed by atoms with van der Waals surface area (Å²) in [7, 11) is 0. The molecule has 0 bridgehead atoms. The second kappa shape index (κ2) is 3.35. The molecule has 0 amide bonds. The van der Waals surface area contributed by atoms with Crippen LogP contribution in [0.3, 0.4) is 0 Å². The number of aromatic nitrogens is 2. The van der Waals surface area contributed by atoms with Gasteiger partial charge in [0.2, 0.25) is 5.89 Å². The van der Waals surface area contributed by atoms with Crippen LogP contribution in [-0.2, 0) is 0 Å². The quantitative estimate of drug-likeness (QED) is 0.752. The van der Waals surface area contributed by atoms with Crippen molar-refractivity contribution in [1.29, 1.82) is 0 Å². The van der Waals surface area contributed by atoms with E-state index in [1.165, 1.54) is 12.2 Å². The summed E-state index contributed by atoms with van der Waals surface area (Å²) in [6.07, 6.45) is 1.19. The zero-order valence-corrected chi connectivity index (χ0v) is 7.73. The molecule has 0 radical (unpaired) electrons. The summed E-state index contributed by atoms with van der Waals surface area (Å²) in [5.41, 5.74) is 0. The van der Waals surface area contributed by atoms with Crippen molar-refractivity contribution >= 4 is 17.8 Å². The van der Waals surface area contributed by atoms with Gasteiger partial charge in [-0.05, 0) is 12.2 Å². The molecule has 1 saturated heterocycles. The van der Waals surface area contributed by atoms with Crippen LogP contribution in [0.25, 0.3) is 0 Å². The minimum atomic E-state index is 0.509. The van der Waals surface area contributed by atoms with Crippen LogP contribution in [0.15, 0.2) is 4.42 Å². The van der Waals surface area contributed by atoms with E-state index >= 15 is 0 Å². The molecule has 0 spiro atoms.